The van der Waals surface area contributed by atoms with Crippen molar-refractivity contribution in [1.82, 2.24) is 30.0 Å². The van der Waals surface area contributed by atoms with E-state index in [-0.39, 0.29) is 11.8 Å². The first-order chi connectivity index (χ1) is 17.5. The first-order valence-corrected chi connectivity index (χ1v) is 12.2. The highest BCUT2D eigenvalue weighted by Crippen LogP contribution is 2.40. The van der Waals surface area contributed by atoms with Crippen LogP contribution in [-0.4, -0.2) is 67.1 Å². The molecule has 0 aliphatic carbocycles. The average molecular weight is 482 g/mol. The summed E-state index contributed by atoms with van der Waals surface area (Å²) < 4.78 is 0. The van der Waals surface area contributed by atoms with E-state index in [4.69, 9.17) is 0 Å². The number of hydrogen-bond acceptors (Lipinski definition) is 6. The van der Waals surface area contributed by atoms with Gasteiger partial charge in [-0.05, 0) is 50.1 Å². The number of benzene rings is 1. The molecule has 2 aliphatic heterocycles. The highest BCUT2D eigenvalue weighted by molar-refractivity contribution is 5.98. The number of pyridine rings is 2. The second-order valence-electron chi connectivity index (χ2n) is 9.53. The SMILES string of the molecule is Cc1cccc(CN2CN(c3ccccc3)C3(CCN(C(=O)c4cnc5[nH]ncc5c4)CC3)C2=O)n1. The van der Waals surface area contributed by atoms with Crippen molar-refractivity contribution in [1.29, 1.82) is 0 Å². The van der Waals surface area contributed by atoms with Gasteiger partial charge in [-0.2, -0.15) is 5.10 Å². The van der Waals surface area contributed by atoms with Gasteiger partial charge in [-0.25, -0.2) is 4.98 Å². The smallest absolute Gasteiger partial charge is 0.255 e. The molecule has 5 heterocycles. The van der Waals surface area contributed by atoms with E-state index in [1.165, 1.54) is 0 Å². The highest BCUT2D eigenvalue weighted by atomic mass is 16.2. The van der Waals surface area contributed by atoms with Crippen LogP contribution >= 0.6 is 0 Å². The Morgan fingerprint density at radius 3 is 2.64 bits per heavy atom. The molecule has 6 rings (SSSR count). The molecule has 182 valence electrons. The summed E-state index contributed by atoms with van der Waals surface area (Å²) >= 11 is 0. The maximum Gasteiger partial charge on any atom is 0.255 e. The molecule has 0 unspecified atom stereocenters. The minimum absolute atomic E-state index is 0.0713. The number of likely N-dealkylation sites (tertiary alicyclic amines) is 1. The van der Waals surface area contributed by atoms with Crippen LogP contribution in [0.3, 0.4) is 0 Å². The zero-order valence-electron chi connectivity index (χ0n) is 20.1. The number of para-hydroxylation sites is 1. The molecule has 0 atom stereocenters. The molecule has 0 bridgehead atoms. The lowest BCUT2D eigenvalue weighted by Crippen LogP contribution is -2.57. The topological polar surface area (TPSA) is 98.3 Å². The quantitative estimate of drug-likeness (QED) is 0.481. The summed E-state index contributed by atoms with van der Waals surface area (Å²) in [5.74, 6) is 0.0289. The van der Waals surface area contributed by atoms with Crippen molar-refractivity contribution in [2.24, 2.45) is 0 Å². The lowest BCUT2D eigenvalue weighted by Gasteiger charge is -2.43. The molecular formula is C27H27N7O2. The van der Waals surface area contributed by atoms with Crippen molar-refractivity contribution in [2.75, 3.05) is 24.7 Å². The Balaban J connectivity index is 1.25. The normalized spacial score (nSPS) is 17.4. The van der Waals surface area contributed by atoms with Crippen LogP contribution in [0.15, 0.2) is 67.0 Å². The van der Waals surface area contributed by atoms with Gasteiger partial charge in [0.25, 0.3) is 5.91 Å². The van der Waals surface area contributed by atoms with Gasteiger partial charge in [0.1, 0.15) is 5.54 Å². The number of H-pyrrole nitrogens is 1. The van der Waals surface area contributed by atoms with Crippen molar-refractivity contribution in [3.8, 4) is 0 Å². The van der Waals surface area contributed by atoms with E-state index in [0.717, 1.165) is 22.5 Å². The molecule has 2 aliphatic rings. The lowest BCUT2D eigenvalue weighted by molar-refractivity contribution is -0.134. The Labute approximate surface area is 208 Å². The Hall–Kier alpha value is -4.27. The number of carbonyl (C=O) groups is 2. The summed E-state index contributed by atoms with van der Waals surface area (Å²) in [5, 5.41) is 7.60. The summed E-state index contributed by atoms with van der Waals surface area (Å²) in [5.41, 5.74) is 3.33. The van der Waals surface area contributed by atoms with E-state index in [2.05, 4.69) is 25.1 Å². The van der Waals surface area contributed by atoms with E-state index >= 15 is 0 Å². The van der Waals surface area contributed by atoms with Crippen molar-refractivity contribution < 1.29 is 9.59 Å². The van der Waals surface area contributed by atoms with E-state index in [0.29, 0.717) is 50.4 Å². The van der Waals surface area contributed by atoms with Gasteiger partial charge in [-0.1, -0.05) is 24.3 Å². The van der Waals surface area contributed by atoms with Crippen molar-refractivity contribution >= 4 is 28.5 Å². The molecule has 2 saturated heterocycles. The number of aryl methyl sites for hydroxylation is 1. The molecule has 9 nitrogen and oxygen atoms in total. The van der Waals surface area contributed by atoms with Gasteiger partial charge in [0.2, 0.25) is 5.91 Å². The summed E-state index contributed by atoms with van der Waals surface area (Å²) in [7, 11) is 0. The number of carbonyl (C=O) groups excluding carboxylic acids is 2. The number of nitrogens with one attached hydrogen (secondary N) is 1. The Bertz CT molecular complexity index is 1430. The predicted molar refractivity (Wildman–Crippen MR) is 135 cm³/mol. The van der Waals surface area contributed by atoms with Crippen LogP contribution in [0.4, 0.5) is 5.69 Å². The van der Waals surface area contributed by atoms with Crippen LogP contribution in [-0.2, 0) is 11.3 Å². The minimum atomic E-state index is -0.686. The Morgan fingerprint density at radius 1 is 1.06 bits per heavy atom. The monoisotopic (exact) mass is 481 g/mol. The second-order valence-corrected chi connectivity index (χ2v) is 9.53. The number of amides is 2. The largest absolute Gasteiger partial charge is 0.339 e. The van der Waals surface area contributed by atoms with Crippen LogP contribution < -0.4 is 4.90 Å². The Kier molecular flexibility index (Phi) is 5.40. The maximum absolute atomic E-state index is 14.0. The zero-order valence-corrected chi connectivity index (χ0v) is 20.1. The molecule has 3 aromatic heterocycles. The molecule has 2 amide bonds. The fourth-order valence-electron chi connectivity index (χ4n) is 5.42. The lowest BCUT2D eigenvalue weighted by atomic mass is 9.85. The van der Waals surface area contributed by atoms with Gasteiger partial charge in [0.15, 0.2) is 5.65 Å². The summed E-state index contributed by atoms with van der Waals surface area (Å²) in [4.78, 5) is 42.1. The number of aromatic amines is 1. The van der Waals surface area contributed by atoms with Gasteiger partial charge >= 0.3 is 0 Å². The molecule has 1 spiro atoms. The average Bonchev–Trinajstić information content (AvgIpc) is 3.48. The van der Waals surface area contributed by atoms with E-state index in [1.54, 1.807) is 12.4 Å². The second kappa shape index (κ2) is 8.75. The summed E-state index contributed by atoms with van der Waals surface area (Å²) in [6.07, 6.45) is 4.37. The van der Waals surface area contributed by atoms with Crippen molar-refractivity contribution in [3.63, 3.8) is 0 Å². The highest BCUT2D eigenvalue weighted by Gasteiger charge is 2.54. The molecule has 0 radical (unpaired) electrons. The standard InChI is InChI=1S/C27H27N7O2/c1-19-6-5-7-22(30-19)17-33-18-34(23-8-3-2-4-9-23)27(26(33)36)10-12-32(13-11-27)25(35)21-14-20-16-29-31-24(20)28-15-21/h2-9,14-16H,10-13,17-18H2,1H3,(H,28,29,31). The van der Waals surface area contributed by atoms with Crippen LogP contribution in [0.5, 0.6) is 0 Å². The molecule has 36 heavy (non-hydrogen) atoms. The third-order valence-electron chi connectivity index (χ3n) is 7.30. The molecule has 2 fully saturated rings. The van der Waals surface area contributed by atoms with Gasteiger partial charge in [0.05, 0.1) is 30.7 Å². The summed E-state index contributed by atoms with van der Waals surface area (Å²) in [6.45, 7) is 3.90. The first-order valence-electron chi connectivity index (χ1n) is 12.2. The molecule has 9 heteroatoms. The number of anilines is 1. The van der Waals surface area contributed by atoms with Gasteiger partial charge in [-0.15, -0.1) is 0 Å². The number of fused-ring (bicyclic) bond motifs is 1. The van der Waals surface area contributed by atoms with Crippen LogP contribution in [0, 0.1) is 6.92 Å². The van der Waals surface area contributed by atoms with Crippen LogP contribution in [0.2, 0.25) is 0 Å². The number of hydrogen-bond donors (Lipinski definition) is 1. The number of nitrogens with zero attached hydrogens (tertiary/aromatic N) is 6. The van der Waals surface area contributed by atoms with E-state index in [9.17, 15) is 9.59 Å². The van der Waals surface area contributed by atoms with E-state index < -0.39 is 5.54 Å². The van der Waals surface area contributed by atoms with E-state index in [1.807, 2.05) is 71.3 Å². The Morgan fingerprint density at radius 2 is 1.86 bits per heavy atom. The molecular weight excluding hydrogens is 454 g/mol. The number of piperidine rings is 1. The van der Waals surface area contributed by atoms with Crippen molar-refractivity contribution in [2.45, 2.75) is 31.8 Å². The summed E-state index contributed by atoms with van der Waals surface area (Å²) in [6, 6.07) is 17.8. The maximum atomic E-state index is 14.0. The van der Waals surface area contributed by atoms with Crippen LogP contribution in [0.1, 0.15) is 34.6 Å². The van der Waals surface area contributed by atoms with Crippen molar-refractivity contribution in [3.05, 3.63) is 83.9 Å². The molecule has 1 aromatic carbocycles. The third-order valence-corrected chi connectivity index (χ3v) is 7.30. The fourth-order valence-corrected chi connectivity index (χ4v) is 5.42. The third kappa shape index (κ3) is 3.77. The number of aromatic nitrogens is 4. The minimum Gasteiger partial charge on any atom is -0.339 e. The fraction of sp³-hybridized carbons (Fsp3) is 0.296. The molecule has 4 aromatic rings. The number of rotatable bonds is 4. The van der Waals surface area contributed by atoms with Gasteiger partial charge in [-0.3, -0.25) is 19.7 Å². The van der Waals surface area contributed by atoms with Crippen LogP contribution in [0.25, 0.3) is 11.0 Å². The molecule has 1 N–H and O–H groups in total. The first kappa shape index (κ1) is 22.2. The van der Waals surface area contributed by atoms with Gasteiger partial charge in [0, 0.05) is 36.1 Å². The zero-order chi connectivity index (χ0) is 24.7. The predicted octanol–water partition coefficient (Wildman–Crippen LogP) is 3.14. The van der Waals surface area contributed by atoms with Gasteiger partial charge < -0.3 is 14.7 Å². The molecule has 0 saturated carbocycles.